The van der Waals surface area contributed by atoms with Crippen LogP contribution in [0.1, 0.15) is 39.5 Å². The molecule has 1 rings (SSSR count). The van der Waals surface area contributed by atoms with Crippen molar-refractivity contribution in [2.24, 2.45) is 11.8 Å². The largest absolute Gasteiger partial charge is 0.466 e. The Morgan fingerprint density at radius 3 is 2.87 bits per heavy atom. The van der Waals surface area contributed by atoms with Gasteiger partial charge in [0, 0.05) is 6.42 Å². The fourth-order valence-corrected chi connectivity index (χ4v) is 2.37. The van der Waals surface area contributed by atoms with Crippen LogP contribution in [0.5, 0.6) is 0 Å². The van der Waals surface area contributed by atoms with Gasteiger partial charge in [-0.25, -0.2) is 0 Å². The van der Waals surface area contributed by atoms with Gasteiger partial charge in [0.15, 0.2) is 0 Å². The number of carbonyl (C=O) groups excluding carboxylic acids is 1. The minimum Gasteiger partial charge on any atom is -0.466 e. The van der Waals surface area contributed by atoms with Crippen LogP contribution in [0.4, 0.5) is 0 Å². The van der Waals surface area contributed by atoms with Crippen molar-refractivity contribution >= 4 is 5.97 Å². The zero-order valence-electron chi connectivity index (χ0n) is 9.92. The van der Waals surface area contributed by atoms with Crippen molar-refractivity contribution in [2.75, 3.05) is 19.7 Å². The summed E-state index contributed by atoms with van der Waals surface area (Å²) in [5, 5.41) is 3.41. The SMILES string of the molecule is CCOC(=O)CC[C@H]1CCNC[C@H]1CC. The van der Waals surface area contributed by atoms with Gasteiger partial charge in [-0.2, -0.15) is 0 Å². The van der Waals surface area contributed by atoms with E-state index in [0.717, 1.165) is 25.4 Å². The summed E-state index contributed by atoms with van der Waals surface area (Å²) in [6.45, 7) is 6.81. The standard InChI is InChI=1S/C12H23NO2/c1-3-10-9-13-8-7-11(10)5-6-12(14)15-4-2/h10-11,13H,3-9H2,1-2H3/t10-,11+/m1/s1. The maximum atomic E-state index is 11.2. The first-order valence-corrected chi connectivity index (χ1v) is 6.14. The molecule has 1 heterocycles. The third-order valence-corrected chi connectivity index (χ3v) is 3.31. The van der Waals surface area contributed by atoms with E-state index in [1.54, 1.807) is 0 Å². The minimum atomic E-state index is -0.0362. The number of esters is 1. The summed E-state index contributed by atoms with van der Waals surface area (Å²) in [5.74, 6) is 1.42. The van der Waals surface area contributed by atoms with Gasteiger partial charge in [-0.1, -0.05) is 13.3 Å². The van der Waals surface area contributed by atoms with Crippen LogP contribution in [-0.4, -0.2) is 25.7 Å². The molecule has 2 atom stereocenters. The number of nitrogens with one attached hydrogen (secondary N) is 1. The Morgan fingerprint density at radius 2 is 2.20 bits per heavy atom. The number of hydrogen-bond donors (Lipinski definition) is 1. The second kappa shape index (κ2) is 6.83. The zero-order valence-corrected chi connectivity index (χ0v) is 9.92. The predicted molar refractivity (Wildman–Crippen MR) is 60.6 cm³/mol. The van der Waals surface area contributed by atoms with Gasteiger partial charge in [0.2, 0.25) is 0 Å². The summed E-state index contributed by atoms with van der Waals surface area (Å²) in [6, 6.07) is 0. The first-order valence-electron chi connectivity index (χ1n) is 6.14. The molecular weight excluding hydrogens is 190 g/mol. The van der Waals surface area contributed by atoms with Gasteiger partial charge in [-0.3, -0.25) is 4.79 Å². The van der Waals surface area contributed by atoms with Gasteiger partial charge in [0.1, 0.15) is 0 Å². The summed E-state index contributed by atoms with van der Waals surface area (Å²) in [7, 11) is 0. The van der Waals surface area contributed by atoms with Crippen molar-refractivity contribution in [1.82, 2.24) is 5.32 Å². The molecule has 88 valence electrons. The lowest BCUT2D eigenvalue weighted by Gasteiger charge is -2.31. The number of piperidine rings is 1. The molecule has 0 spiro atoms. The highest BCUT2D eigenvalue weighted by Crippen LogP contribution is 2.26. The maximum absolute atomic E-state index is 11.2. The third kappa shape index (κ3) is 4.20. The van der Waals surface area contributed by atoms with E-state index in [2.05, 4.69) is 12.2 Å². The van der Waals surface area contributed by atoms with Crippen LogP contribution in [0.3, 0.4) is 0 Å². The minimum absolute atomic E-state index is 0.0362. The average molecular weight is 213 g/mol. The molecular formula is C12H23NO2. The van der Waals surface area contributed by atoms with Crippen LogP contribution < -0.4 is 5.32 Å². The van der Waals surface area contributed by atoms with Crippen molar-refractivity contribution < 1.29 is 9.53 Å². The molecule has 0 bridgehead atoms. The van der Waals surface area contributed by atoms with Crippen LogP contribution in [0.2, 0.25) is 0 Å². The average Bonchev–Trinajstić information content (AvgIpc) is 2.27. The van der Waals surface area contributed by atoms with Crippen molar-refractivity contribution in [2.45, 2.75) is 39.5 Å². The molecule has 0 unspecified atom stereocenters. The van der Waals surface area contributed by atoms with Crippen LogP contribution in [0, 0.1) is 11.8 Å². The molecule has 0 saturated carbocycles. The Bertz CT molecular complexity index is 194. The third-order valence-electron chi connectivity index (χ3n) is 3.31. The molecule has 1 aliphatic rings. The molecule has 1 aliphatic heterocycles. The smallest absolute Gasteiger partial charge is 0.305 e. The number of hydrogen-bond acceptors (Lipinski definition) is 3. The molecule has 1 N–H and O–H groups in total. The van der Waals surface area contributed by atoms with Gasteiger partial charge in [-0.15, -0.1) is 0 Å². The molecule has 3 nitrogen and oxygen atoms in total. The van der Waals surface area contributed by atoms with Crippen LogP contribution >= 0.6 is 0 Å². The number of rotatable bonds is 5. The molecule has 15 heavy (non-hydrogen) atoms. The lowest BCUT2D eigenvalue weighted by atomic mass is 9.82. The summed E-state index contributed by atoms with van der Waals surface area (Å²) in [6.07, 6.45) is 4.01. The fraction of sp³-hybridized carbons (Fsp3) is 0.917. The van der Waals surface area contributed by atoms with Gasteiger partial charge in [0.25, 0.3) is 0 Å². The summed E-state index contributed by atoms with van der Waals surface area (Å²) in [5.41, 5.74) is 0. The lowest BCUT2D eigenvalue weighted by Crippen LogP contribution is -2.36. The first-order chi connectivity index (χ1) is 7.27. The topological polar surface area (TPSA) is 38.3 Å². The maximum Gasteiger partial charge on any atom is 0.305 e. The Labute approximate surface area is 92.6 Å². The quantitative estimate of drug-likeness (QED) is 0.710. The molecule has 1 saturated heterocycles. The highest BCUT2D eigenvalue weighted by Gasteiger charge is 2.23. The lowest BCUT2D eigenvalue weighted by molar-refractivity contribution is -0.143. The predicted octanol–water partition coefficient (Wildman–Crippen LogP) is 1.97. The van der Waals surface area contributed by atoms with E-state index in [1.807, 2.05) is 6.92 Å². The van der Waals surface area contributed by atoms with E-state index in [9.17, 15) is 4.79 Å². The van der Waals surface area contributed by atoms with Gasteiger partial charge in [-0.05, 0) is 44.7 Å². The number of ether oxygens (including phenoxy) is 1. The summed E-state index contributed by atoms with van der Waals surface area (Å²) in [4.78, 5) is 11.2. The van der Waals surface area contributed by atoms with Gasteiger partial charge in [0.05, 0.1) is 6.61 Å². The van der Waals surface area contributed by atoms with Crippen molar-refractivity contribution in [3.63, 3.8) is 0 Å². The van der Waals surface area contributed by atoms with Gasteiger partial charge < -0.3 is 10.1 Å². The van der Waals surface area contributed by atoms with E-state index >= 15 is 0 Å². The molecule has 0 radical (unpaired) electrons. The molecule has 0 aromatic heterocycles. The second-order valence-corrected chi connectivity index (χ2v) is 4.26. The van der Waals surface area contributed by atoms with E-state index in [0.29, 0.717) is 18.9 Å². The van der Waals surface area contributed by atoms with Gasteiger partial charge >= 0.3 is 5.97 Å². The highest BCUT2D eigenvalue weighted by atomic mass is 16.5. The number of carbonyl (C=O) groups is 1. The van der Waals surface area contributed by atoms with Crippen LogP contribution in [0.15, 0.2) is 0 Å². The summed E-state index contributed by atoms with van der Waals surface area (Å²) < 4.78 is 4.95. The summed E-state index contributed by atoms with van der Waals surface area (Å²) >= 11 is 0. The molecule has 0 aliphatic carbocycles. The Hall–Kier alpha value is -0.570. The zero-order chi connectivity index (χ0) is 11.1. The fourth-order valence-electron chi connectivity index (χ4n) is 2.37. The molecule has 1 fully saturated rings. The van der Waals surface area contributed by atoms with E-state index < -0.39 is 0 Å². The molecule has 3 heteroatoms. The Morgan fingerprint density at radius 1 is 1.40 bits per heavy atom. The molecule has 0 aromatic rings. The van der Waals surface area contributed by atoms with E-state index in [4.69, 9.17) is 4.74 Å². The molecule has 0 amide bonds. The first kappa shape index (κ1) is 12.5. The van der Waals surface area contributed by atoms with Crippen molar-refractivity contribution in [1.29, 1.82) is 0 Å². The van der Waals surface area contributed by atoms with E-state index in [-0.39, 0.29) is 5.97 Å². The Kier molecular flexibility index (Phi) is 5.69. The molecule has 0 aromatic carbocycles. The van der Waals surface area contributed by atoms with Crippen molar-refractivity contribution in [3.05, 3.63) is 0 Å². The Balaban J connectivity index is 2.26. The second-order valence-electron chi connectivity index (χ2n) is 4.26. The highest BCUT2D eigenvalue weighted by molar-refractivity contribution is 5.69. The van der Waals surface area contributed by atoms with Crippen molar-refractivity contribution in [3.8, 4) is 0 Å². The van der Waals surface area contributed by atoms with Crippen LogP contribution in [-0.2, 0) is 9.53 Å². The normalized spacial score (nSPS) is 26.3. The van der Waals surface area contributed by atoms with E-state index in [1.165, 1.54) is 12.8 Å². The monoisotopic (exact) mass is 213 g/mol. The van der Waals surface area contributed by atoms with Crippen LogP contribution in [0.25, 0.3) is 0 Å².